The Kier molecular flexibility index (Phi) is 5.14. The standard InChI is InChI=1S/C15H17BrN2O3/c1-9(2)21-6-5-17-14(19)12-8-10-7-11(16)3-4-13(10)18-15(12)20/h3-4,7-9H,5-6H2,1-2H3,(H,17,19)(H,18,20). The van der Waals surface area contributed by atoms with Crippen molar-refractivity contribution in [2.24, 2.45) is 0 Å². The first-order valence-electron chi connectivity index (χ1n) is 6.70. The van der Waals surface area contributed by atoms with Crippen LogP contribution in [0.15, 0.2) is 33.5 Å². The number of H-pyrrole nitrogens is 1. The highest BCUT2D eigenvalue weighted by molar-refractivity contribution is 9.10. The van der Waals surface area contributed by atoms with Crippen LogP contribution < -0.4 is 10.9 Å². The molecule has 1 aromatic heterocycles. The Hall–Kier alpha value is -1.66. The van der Waals surface area contributed by atoms with E-state index in [2.05, 4.69) is 26.2 Å². The number of halogens is 1. The number of fused-ring (bicyclic) bond motifs is 1. The van der Waals surface area contributed by atoms with Gasteiger partial charge in [-0.2, -0.15) is 0 Å². The maximum Gasteiger partial charge on any atom is 0.261 e. The molecule has 0 saturated carbocycles. The summed E-state index contributed by atoms with van der Waals surface area (Å²) in [6.07, 6.45) is 0.114. The maximum atomic E-state index is 12.0. The number of ether oxygens (including phenoxy) is 1. The van der Waals surface area contributed by atoms with E-state index in [1.165, 1.54) is 0 Å². The largest absolute Gasteiger partial charge is 0.377 e. The second-order valence-corrected chi connectivity index (χ2v) is 5.83. The number of hydrogen-bond donors (Lipinski definition) is 2. The average molecular weight is 353 g/mol. The van der Waals surface area contributed by atoms with Crippen LogP contribution in [0.1, 0.15) is 24.2 Å². The molecule has 2 aromatic rings. The van der Waals surface area contributed by atoms with Gasteiger partial charge >= 0.3 is 0 Å². The molecule has 6 heteroatoms. The van der Waals surface area contributed by atoms with Crippen LogP contribution in [0, 0.1) is 0 Å². The lowest BCUT2D eigenvalue weighted by atomic mass is 10.1. The van der Waals surface area contributed by atoms with E-state index in [0.717, 1.165) is 9.86 Å². The monoisotopic (exact) mass is 352 g/mol. The lowest BCUT2D eigenvalue weighted by molar-refractivity contribution is 0.0746. The van der Waals surface area contributed by atoms with Crippen molar-refractivity contribution in [3.8, 4) is 0 Å². The highest BCUT2D eigenvalue weighted by Crippen LogP contribution is 2.17. The molecular formula is C15H17BrN2O3. The molecule has 21 heavy (non-hydrogen) atoms. The van der Waals surface area contributed by atoms with E-state index in [1.54, 1.807) is 12.1 Å². The molecule has 0 saturated heterocycles. The van der Waals surface area contributed by atoms with Crippen molar-refractivity contribution < 1.29 is 9.53 Å². The lowest BCUT2D eigenvalue weighted by Crippen LogP contribution is -2.32. The molecule has 0 aliphatic carbocycles. The third kappa shape index (κ3) is 4.15. The van der Waals surface area contributed by atoms with Gasteiger partial charge in [0.1, 0.15) is 5.56 Å². The fourth-order valence-electron chi connectivity index (χ4n) is 1.90. The van der Waals surface area contributed by atoms with Gasteiger partial charge in [0.15, 0.2) is 0 Å². The van der Waals surface area contributed by atoms with Crippen molar-refractivity contribution in [2.75, 3.05) is 13.2 Å². The molecule has 0 fully saturated rings. The van der Waals surface area contributed by atoms with Crippen LogP contribution in [0.4, 0.5) is 0 Å². The Labute approximate surface area is 130 Å². The first-order chi connectivity index (χ1) is 9.97. The van der Waals surface area contributed by atoms with Crippen LogP contribution in [0.25, 0.3) is 10.9 Å². The zero-order valence-corrected chi connectivity index (χ0v) is 13.5. The summed E-state index contributed by atoms with van der Waals surface area (Å²) in [6.45, 7) is 4.63. The predicted molar refractivity (Wildman–Crippen MR) is 85.7 cm³/mol. The van der Waals surface area contributed by atoms with E-state index in [-0.39, 0.29) is 11.7 Å². The topological polar surface area (TPSA) is 71.2 Å². The van der Waals surface area contributed by atoms with Gasteiger partial charge in [-0.25, -0.2) is 0 Å². The second-order valence-electron chi connectivity index (χ2n) is 4.92. The molecule has 112 valence electrons. The molecule has 1 heterocycles. The highest BCUT2D eigenvalue weighted by atomic mass is 79.9. The highest BCUT2D eigenvalue weighted by Gasteiger charge is 2.11. The fraction of sp³-hybridized carbons (Fsp3) is 0.333. The third-order valence-electron chi connectivity index (χ3n) is 2.89. The summed E-state index contributed by atoms with van der Waals surface area (Å²) in [5.41, 5.74) is 0.403. The SMILES string of the molecule is CC(C)OCCNC(=O)c1cc2cc(Br)ccc2[nH]c1=O. The summed E-state index contributed by atoms with van der Waals surface area (Å²) < 4.78 is 6.23. The first kappa shape index (κ1) is 15.7. The average Bonchev–Trinajstić information content (AvgIpc) is 2.43. The van der Waals surface area contributed by atoms with Crippen molar-refractivity contribution in [3.63, 3.8) is 0 Å². The Bertz CT molecular complexity index is 710. The van der Waals surface area contributed by atoms with Crippen LogP contribution in [0.3, 0.4) is 0 Å². The van der Waals surface area contributed by atoms with Gasteiger partial charge in [-0.1, -0.05) is 15.9 Å². The molecule has 5 nitrogen and oxygen atoms in total. The third-order valence-corrected chi connectivity index (χ3v) is 3.38. The molecule has 2 rings (SSSR count). The van der Waals surface area contributed by atoms with E-state index in [1.807, 2.05) is 26.0 Å². The van der Waals surface area contributed by atoms with E-state index < -0.39 is 11.5 Å². The number of amides is 1. The predicted octanol–water partition coefficient (Wildman–Crippen LogP) is 2.45. The molecule has 0 aliphatic heterocycles. The minimum Gasteiger partial charge on any atom is -0.377 e. The molecule has 0 aliphatic rings. The zero-order chi connectivity index (χ0) is 15.4. The van der Waals surface area contributed by atoms with Crippen molar-refractivity contribution in [1.29, 1.82) is 0 Å². The van der Waals surface area contributed by atoms with Gasteiger partial charge in [-0.05, 0) is 38.1 Å². The molecule has 0 spiro atoms. The van der Waals surface area contributed by atoms with E-state index in [9.17, 15) is 9.59 Å². The Morgan fingerprint density at radius 1 is 1.38 bits per heavy atom. The summed E-state index contributed by atoms with van der Waals surface area (Å²) >= 11 is 3.37. The summed E-state index contributed by atoms with van der Waals surface area (Å²) in [7, 11) is 0. The summed E-state index contributed by atoms with van der Waals surface area (Å²) in [5.74, 6) is -0.398. The van der Waals surface area contributed by atoms with Gasteiger partial charge in [0.25, 0.3) is 11.5 Å². The van der Waals surface area contributed by atoms with Gasteiger partial charge in [-0.15, -0.1) is 0 Å². The maximum absolute atomic E-state index is 12.0. The summed E-state index contributed by atoms with van der Waals surface area (Å²) in [4.78, 5) is 26.7. The van der Waals surface area contributed by atoms with Crippen LogP contribution in [-0.2, 0) is 4.74 Å². The number of aromatic nitrogens is 1. The van der Waals surface area contributed by atoms with Gasteiger partial charge in [0, 0.05) is 21.9 Å². The number of benzene rings is 1. The van der Waals surface area contributed by atoms with Crippen molar-refractivity contribution in [2.45, 2.75) is 20.0 Å². The molecule has 0 atom stereocenters. The van der Waals surface area contributed by atoms with Crippen LogP contribution >= 0.6 is 15.9 Å². The number of carbonyl (C=O) groups is 1. The number of carbonyl (C=O) groups excluding carboxylic acids is 1. The zero-order valence-electron chi connectivity index (χ0n) is 11.9. The molecule has 0 unspecified atom stereocenters. The van der Waals surface area contributed by atoms with Gasteiger partial charge < -0.3 is 15.0 Å². The molecule has 1 aromatic carbocycles. The number of rotatable bonds is 5. The smallest absolute Gasteiger partial charge is 0.261 e. The van der Waals surface area contributed by atoms with Gasteiger partial charge in [0.05, 0.1) is 12.7 Å². The minimum absolute atomic E-state index is 0.102. The van der Waals surface area contributed by atoms with Crippen molar-refractivity contribution in [1.82, 2.24) is 10.3 Å². The first-order valence-corrected chi connectivity index (χ1v) is 7.49. The molecule has 0 radical (unpaired) electrons. The Morgan fingerprint density at radius 3 is 2.86 bits per heavy atom. The number of nitrogens with one attached hydrogen (secondary N) is 2. The Balaban J connectivity index is 2.15. The van der Waals surface area contributed by atoms with E-state index in [4.69, 9.17) is 4.74 Å². The number of aromatic amines is 1. The van der Waals surface area contributed by atoms with E-state index >= 15 is 0 Å². The minimum atomic E-state index is -0.398. The van der Waals surface area contributed by atoms with Crippen LogP contribution in [0.5, 0.6) is 0 Å². The Morgan fingerprint density at radius 2 is 2.14 bits per heavy atom. The second kappa shape index (κ2) is 6.87. The van der Waals surface area contributed by atoms with Crippen molar-refractivity contribution >= 4 is 32.7 Å². The van der Waals surface area contributed by atoms with Gasteiger partial charge in [0.2, 0.25) is 0 Å². The van der Waals surface area contributed by atoms with E-state index in [0.29, 0.717) is 18.7 Å². The fourth-order valence-corrected chi connectivity index (χ4v) is 2.28. The lowest BCUT2D eigenvalue weighted by Gasteiger charge is -2.09. The normalized spacial score (nSPS) is 11.0. The van der Waals surface area contributed by atoms with Crippen LogP contribution in [0.2, 0.25) is 0 Å². The van der Waals surface area contributed by atoms with Gasteiger partial charge in [-0.3, -0.25) is 9.59 Å². The quantitative estimate of drug-likeness (QED) is 0.812. The molecular weight excluding hydrogens is 336 g/mol. The summed E-state index contributed by atoms with van der Waals surface area (Å²) in [5, 5.41) is 3.48. The number of pyridine rings is 1. The molecule has 2 N–H and O–H groups in total. The van der Waals surface area contributed by atoms with Crippen molar-refractivity contribution in [3.05, 3.63) is 44.7 Å². The molecule has 0 bridgehead atoms. The van der Waals surface area contributed by atoms with Crippen LogP contribution in [-0.4, -0.2) is 30.1 Å². The summed E-state index contributed by atoms with van der Waals surface area (Å²) in [6, 6.07) is 7.07. The molecule has 1 amide bonds. The number of hydrogen-bond acceptors (Lipinski definition) is 3.